The third kappa shape index (κ3) is 4.13. The highest BCUT2D eigenvalue weighted by Crippen LogP contribution is 2.53. The van der Waals surface area contributed by atoms with E-state index in [0.717, 1.165) is 0 Å². The van der Waals surface area contributed by atoms with Gasteiger partial charge in [-0.25, -0.2) is 4.57 Å². The molecule has 0 radical (unpaired) electrons. The van der Waals surface area contributed by atoms with E-state index >= 15 is 0 Å². The van der Waals surface area contributed by atoms with E-state index in [9.17, 15) is 9.36 Å². The van der Waals surface area contributed by atoms with Crippen molar-refractivity contribution in [3.63, 3.8) is 0 Å². The molecule has 144 valence electrons. The predicted octanol–water partition coefficient (Wildman–Crippen LogP) is 3.99. The molecule has 0 fully saturated rings. The van der Waals surface area contributed by atoms with Gasteiger partial charge in [0.05, 0.1) is 14.2 Å². The number of benzene rings is 1. The third-order valence-electron chi connectivity index (χ3n) is 3.64. The highest BCUT2D eigenvalue weighted by atomic mass is 31.2. The molecule has 2 heterocycles. The monoisotopic (exact) mass is 400 g/mol. The molecule has 0 saturated heterocycles. The van der Waals surface area contributed by atoms with Crippen molar-refractivity contribution in [1.29, 1.82) is 0 Å². The number of nitrogens with zero attached hydrogens (tertiary/aromatic N) is 2. The van der Waals surface area contributed by atoms with Crippen LogP contribution in [0.2, 0.25) is 0 Å². The van der Waals surface area contributed by atoms with E-state index in [4.69, 9.17) is 18.5 Å². The SMILES string of the molecule is COc1cccc(OC)c1C(=O)P(=O)(Oc1ccncc1)Oc1ccncc1. The lowest BCUT2D eigenvalue weighted by Crippen LogP contribution is -2.14. The van der Waals surface area contributed by atoms with Gasteiger partial charge in [0.1, 0.15) is 28.6 Å². The lowest BCUT2D eigenvalue weighted by atomic mass is 10.2. The molecule has 0 aliphatic carbocycles. The van der Waals surface area contributed by atoms with Crippen molar-refractivity contribution >= 4 is 13.1 Å². The van der Waals surface area contributed by atoms with Crippen LogP contribution in [0.1, 0.15) is 10.4 Å². The van der Waals surface area contributed by atoms with Crippen molar-refractivity contribution < 1.29 is 27.9 Å². The van der Waals surface area contributed by atoms with Gasteiger partial charge in [0.25, 0.3) is 0 Å². The van der Waals surface area contributed by atoms with E-state index in [1.54, 1.807) is 18.2 Å². The second-order valence-corrected chi connectivity index (χ2v) is 7.15. The first-order valence-corrected chi connectivity index (χ1v) is 9.67. The minimum absolute atomic E-state index is 0.0426. The Balaban J connectivity index is 2.09. The van der Waals surface area contributed by atoms with Crippen molar-refractivity contribution in [2.24, 2.45) is 0 Å². The number of carbonyl (C=O) groups is 1. The van der Waals surface area contributed by atoms with Crippen molar-refractivity contribution in [3.05, 3.63) is 72.8 Å². The average Bonchev–Trinajstić information content (AvgIpc) is 2.73. The maximum Gasteiger partial charge on any atom is 0.503 e. The highest BCUT2D eigenvalue weighted by Gasteiger charge is 2.42. The molecule has 9 heteroatoms. The zero-order valence-corrected chi connectivity index (χ0v) is 16.0. The Morgan fingerprint density at radius 3 is 1.61 bits per heavy atom. The Hall–Kier alpha value is -3.38. The topological polar surface area (TPSA) is 96.8 Å². The molecule has 0 saturated carbocycles. The zero-order chi connectivity index (χ0) is 20.0. The summed E-state index contributed by atoms with van der Waals surface area (Å²) >= 11 is 0. The molecule has 0 aliphatic rings. The van der Waals surface area contributed by atoms with Crippen molar-refractivity contribution in [2.75, 3.05) is 14.2 Å². The molecule has 1 aromatic carbocycles. The van der Waals surface area contributed by atoms with Gasteiger partial charge in [-0.1, -0.05) is 6.07 Å². The summed E-state index contributed by atoms with van der Waals surface area (Å²) in [7, 11) is -1.63. The second-order valence-electron chi connectivity index (χ2n) is 5.39. The maximum atomic E-state index is 13.6. The Bertz CT molecular complexity index is 930. The van der Waals surface area contributed by atoms with Crippen LogP contribution in [-0.4, -0.2) is 29.7 Å². The van der Waals surface area contributed by atoms with E-state index in [2.05, 4.69) is 9.97 Å². The molecule has 0 bridgehead atoms. The van der Waals surface area contributed by atoms with Crippen molar-refractivity contribution in [3.8, 4) is 23.0 Å². The number of aromatic nitrogens is 2. The summed E-state index contributed by atoms with van der Waals surface area (Å²) in [4.78, 5) is 21.1. The van der Waals surface area contributed by atoms with Crippen LogP contribution >= 0.6 is 7.60 Å². The number of hydrogen-bond acceptors (Lipinski definition) is 8. The minimum atomic E-state index is -4.41. The van der Waals surface area contributed by atoms with Gasteiger partial charge in [0.15, 0.2) is 0 Å². The average molecular weight is 400 g/mol. The quantitative estimate of drug-likeness (QED) is 0.524. The van der Waals surface area contributed by atoms with Crippen LogP contribution in [0, 0.1) is 0 Å². The predicted molar refractivity (Wildman–Crippen MR) is 101 cm³/mol. The van der Waals surface area contributed by atoms with Gasteiger partial charge in [-0.3, -0.25) is 14.8 Å². The fourth-order valence-electron chi connectivity index (χ4n) is 2.38. The van der Waals surface area contributed by atoms with Gasteiger partial charge < -0.3 is 18.5 Å². The first-order chi connectivity index (χ1) is 13.6. The summed E-state index contributed by atoms with van der Waals surface area (Å²) < 4.78 is 35.2. The number of ether oxygens (including phenoxy) is 2. The summed E-state index contributed by atoms with van der Waals surface area (Å²) in [5, 5.41) is 0. The standard InChI is InChI=1S/C19H17N2O6P/c1-24-16-4-3-5-17(25-2)18(16)19(22)28(23,26-14-6-10-20-11-7-14)27-15-8-12-21-13-9-15/h3-13H,1-2H3. The molecule has 2 aromatic heterocycles. The number of rotatable bonds is 8. The van der Waals surface area contributed by atoms with Crippen LogP contribution in [0.5, 0.6) is 23.0 Å². The van der Waals surface area contributed by atoms with Crippen LogP contribution in [0.15, 0.2) is 67.3 Å². The summed E-state index contributed by atoms with van der Waals surface area (Å²) in [6.45, 7) is 0. The Labute approximate surface area is 161 Å². The largest absolute Gasteiger partial charge is 0.503 e. The third-order valence-corrected chi connectivity index (χ3v) is 5.26. The summed E-state index contributed by atoms with van der Waals surface area (Å²) in [5.74, 6) is 0.687. The molecule has 3 aromatic rings. The van der Waals surface area contributed by atoms with Gasteiger partial charge in [-0.05, 0) is 36.4 Å². The minimum Gasteiger partial charge on any atom is -0.496 e. The van der Waals surface area contributed by atoms with Crippen LogP contribution < -0.4 is 18.5 Å². The van der Waals surface area contributed by atoms with Crippen molar-refractivity contribution in [1.82, 2.24) is 9.97 Å². The Morgan fingerprint density at radius 1 is 0.786 bits per heavy atom. The van der Waals surface area contributed by atoms with E-state index in [1.165, 1.54) is 63.3 Å². The molecule has 0 unspecified atom stereocenters. The van der Waals surface area contributed by atoms with Crippen LogP contribution in [-0.2, 0) is 4.57 Å². The van der Waals surface area contributed by atoms with Gasteiger partial charge in [-0.15, -0.1) is 0 Å². The first-order valence-electron chi connectivity index (χ1n) is 8.12. The molecule has 0 aliphatic heterocycles. The van der Waals surface area contributed by atoms with Gasteiger partial charge in [-0.2, -0.15) is 0 Å². The maximum absolute atomic E-state index is 13.6. The van der Waals surface area contributed by atoms with E-state index in [-0.39, 0.29) is 28.6 Å². The van der Waals surface area contributed by atoms with E-state index in [0.29, 0.717) is 0 Å². The fraction of sp³-hybridized carbons (Fsp3) is 0.105. The molecule has 0 atom stereocenters. The van der Waals surface area contributed by atoms with Gasteiger partial charge in [0.2, 0.25) is 0 Å². The molecule has 0 amide bonds. The first kappa shape index (κ1) is 19.4. The lowest BCUT2D eigenvalue weighted by molar-refractivity contribution is 0.104. The Kier molecular flexibility index (Phi) is 5.91. The zero-order valence-electron chi connectivity index (χ0n) is 15.1. The molecule has 28 heavy (non-hydrogen) atoms. The molecule has 8 nitrogen and oxygen atoms in total. The molecule has 0 N–H and O–H groups in total. The molecule has 3 rings (SSSR count). The molecular weight excluding hydrogens is 383 g/mol. The van der Waals surface area contributed by atoms with E-state index < -0.39 is 13.1 Å². The second kappa shape index (κ2) is 8.54. The molecule has 0 spiro atoms. The summed E-state index contributed by atoms with van der Waals surface area (Å²) in [5.41, 5.74) is -0.950. The molecular formula is C19H17N2O6P. The van der Waals surface area contributed by atoms with Crippen molar-refractivity contribution in [2.45, 2.75) is 0 Å². The summed E-state index contributed by atoms with van der Waals surface area (Å²) in [6.07, 6.45) is 5.78. The fourth-order valence-corrected chi connectivity index (χ4v) is 3.87. The van der Waals surface area contributed by atoms with Gasteiger partial charge in [0, 0.05) is 24.8 Å². The number of methoxy groups -OCH3 is 2. The number of carbonyl (C=O) groups excluding carboxylic acids is 1. The highest BCUT2D eigenvalue weighted by molar-refractivity contribution is 7.73. The van der Waals surface area contributed by atoms with E-state index in [1.807, 2.05) is 0 Å². The van der Waals surface area contributed by atoms with Gasteiger partial charge >= 0.3 is 13.1 Å². The smallest absolute Gasteiger partial charge is 0.496 e. The normalized spacial score (nSPS) is 10.8. The number of pyridine rings is 2. The Morgan fingerprint density at radius 2 is 1.21 bits per heavy atom. The van der Waals surface area contributed by atoms with Crippen LogP contribution in [0.3, 0.4) is 0 Å². The summed E-state index contributed by atoms with van der Waals surface area (Å²) in [6, 6.07) is 10.6. The van der Waals surface area contributed by atoms with Crippen LogP contribution in [0.25, 0.3) is 0 Å². The lowest BCUT2D eigenvalue weighted by Gasteiger charge is -2.20. The number of hydrogen-bond donors (Lipinski definition) is 0. The van der Waals surface area contributed by atoms with Crippen LogP contribution in [0.4, 0.5) is 0 Å².